The Morgan fingerprint density at radius 3 is 2.02 bits per heavy atom. The van der Waals surface area contributed by atoms with Crippen molar-refractivity contribution in [2.24, 2.45) is 11.8 Å². The Hall–Kier alpha value is -4.16. The summed E-state index contributed by atoms with van der Waals surface area (Å²) in [5.74, 6) is -6.20. The number of aliphatic hydroxyl groups is 1. The molecule has 3 aliphatic heterocycles. The average molecular weight is 683 g/mol. The Kier molecular flexibility index (Phi) is 12.4. The first kappa shape index (κ1) is 36.7. The molecule has 10 atom stereocenters. The van der Waals surface area contributed by atoms with Crippen LogP contribution < -0.4 is 4.74 Å². The zero-order valence-corrected chi connectivity index (χ0v) is 26.9. The molecule has 0 unspecified atom stereocenters. The van der Waals surface area contributed by atoms with Crippen molar-refractivity contribution < 1.29 is 81.2 Å². The number of ketones is 1. The minimum atomic E-state index is -1.68. The maximum atomic E-state index is 13.4. The minimum absolute atomic E-state index is 0.0479. The van der Waals surface area contributed by atoms with Crippen LogP contribution in [0.5, 0.6) is 5.75 Å². The van der Waals surface area contributed by atoms with Crippen LogP contribution in [0.15, 0.2) is 24.3 Å². The topological polar surface area (TPSA) is 215 Å². The van der Waals surface area contributed by atoms with Crippen molar-refractivity contribution in [3.05, 3.63) is 29.8 Å². The molecule has 3 aliphatic rings. The Bertz CT molecular complexity index is 1340. The molecule has 0 aromatic heterocycles. The molecule has 264 valence electrons. The highest BCUT2D eigenvalue weighted by atomic mass is 16.8. The van der Waals surface area contributed by atoms with Gasteiger partial charge in [0.05, 0.1) is 25.2 Å². The van der Waals surface area contributed by atoms with E-state index in [9.17, 15) is 33.9 Å². The lowest BCUT2D eigenvalue weighted by atomic mass is 9.80. The first-order valence-corrected chi connectivity index (χ1v) is 15.0. The molecule has 3 heterocycles. The van der Waals surface area contributed by atoms with Gasteiger partial charge in [0.15, 0.2) is 42.8 Å². The molecule has 17 nitrogen and oxygen atoms in total. The summed E-state index contributed by atoms with van der Waals surface area (Å²) in [6.07, 6.45) is -11.9. The molecule has 3 saturated heterocycles. The van der Waals surface area contributed by atoms with Gasteiger partial charge in [0.2, 0.25) is 6.29 Å². The van der Waals surface area contributed by atoms with E-state index in [0.717, 1.165) is 27.7 Å². The summed E-state index contributed by atoms with van der Waals surface area (Å²) in [5.41, 5.74) is 0.146. The van der Waals surface area contributed by atoms with E-state index in [-0.39, 0.29) is 18.6 Å². The molecular weight excluding hydrogens is 644 g/mol. The second-order valence-corrected chi connectivity index (χ2v) is 11.2. The molecule has 0 amide bonds. The SMILES string of the molecule is COc1ccc(C(=O)O[C@H]2[C@@H]3CCO[C@H](O[C@@H]4O[C@H](COC(C)=O)[C@@H](OC(C)=O)[C@H](OC(C)=O)[C@H]4OC(C)=O)[C@H]3C(=O)CO[C@H]2O)cc1. The number of ether oxygens (including phenoxy) is 10. The third kappa shape index (κ3) is 9.04. The smallest absolute Gasteiger partial charge is 0.338 e. The van der Waals surface area contributed by atoms with Gasteiger partial charge in [-0.15, -0.1) is 0 Å². The van der Waals surface area contributed by atoms with Gasteiger partial charge >= 0.3 is 29.8 Å². The van der Waals surface area contributed by atoms with Gasteiger partial charge in [-0.25, -0.2) is 4.79 Å². The van der Waals surface area contributed by atoms with Crippen LogP contribution >= 0.6 is 0 Å². The second kappa shape index (κ2) is 16.3. The van der Waals surface area contributed by atoms with Crippen LogP contribution in [0.25, 0.3) is 0 Å². The molecule has 3 fully saturated rings. The summed E-state index contributed by atoms with van der Waals surface area (Å²) in [5, 5.41) is 10.8. The van der Waals surface area contributed by atoms with Crippen LogP contribution in [-0.2, 0) is 66.6 Å². The molecule has 17 heteroatoms. The highest BCUT2D eigenvalue weighted by Gasteiger charge is 2.56. The predicted octanol–water partition coefficient (Wildman–Crippen LogP) is 0.217. The van der Waals surface area contributed by atoms with Crippen LogP contribution in [-0.4, -0.2) is 117 Å². The average Bonchev–Trinajstić information content (AvgIpc) is 3.14. The van der Waals surface area contributed by atoms with Crippen molar-refractivity contribution in [2.75, 3.05) is 26.9 Å². The maximum absolute atomic E-state index is 13.4. The quantitative estimate of drug-likeness (QED) is 0.258. The van der Waals surface area contributed by atoms with Crippen molar-refractivity contribution in [3.63, 3.8) is 0 Å². The predicted molar refractivity (Wildman–Crippen MR) is 154 cm³/mol. The van der Waals surface area contributed by atoms with Gasteiger partial charge in [-0.05, 0) is 30.7 Å². The lowest BCUT2D eigenvalue weighted by Crippen LogP contribution is -2.64. The van der Waals surface area contributed by atoms with E-state index in [1.54, 1.807) is 12.1 Å². The Morgan fingerprint density at radius 2 is 1.42 bits per heavy atom. The third-order valence-electron chi connectivity index (χ3n) is 7.74. The van der Waals surface area contributed by atoms with Crippen LogP contribution in [0.3, 0.4) is 0 Å². The number of fused-ring (bicyclic) bond motifs is 1. The van der Waals surface area contributed by atoms with Gasteiger partial charge in [0, 0.05) is 33.6 Å². The van der Waals surface area contributed by atoms with Gasteiger partial charge < -0.3 is 52.5 Å². The Labute approximate surface area is 274 Å². The lowest BCUT2D eigenvalue weighted by molar-refractivity contribution is -0.352. The summed E-state index contributed by atoms with van der Waals surface area (Å²) in [7, 11) is 1.47. The van der Waals surface area contributed by atoms with Crippen LogP contribution in [0.2, 0.25) is 0 Å². The molecule has 0 aliphatic carbocycles. The summed E-state index contributed by atoms with van der Waals surface area (Å²) in [4.78, 5) is 74.6. The third-order valence-corrected chi connectivity index (χ3v) is 7.74. The summed E-state index contributed by atoms with van der Waals surface area (Å²) >= 11 is 0. The summed E-state index contributed by atoms with van der Waals surface area (Å²) < 4.78 is 55.4. The van der Waals surface area contributed by atoms with Crippen molar-refractivity contribution >= 4 is 35.6 Å². The fraction of sp³-hybridized carbons (Fsp3) is 0.613. The molecule has 0 saturated carbocycles. The number of aliphatic hydroxyl groups excluding tert-OH is 1. The zero-order chi connectivity index (χ0) is 35.1. The molecule has 0 spiro atoms. The van der Waals surface area contributed by atoms with Gasteiger partial charge in [0.1, 0.15) is 25.1 Å². The van der Waals surface area contributed by atoms with Gasteiger partial charge in [-0.2, -0.15) is 0 Å². The van der Waals surface area contributed by atoms with Gasteiger partial charge in [-0.1, -0.05) is 0 Å². The monoisotopic (exact) mass is 682 g/mol. The fourth-order valence-corrected chi connectivity index (χ4v) is 5.75. The first-order chi connectivity index (χ1) is 22.8. The van der Waals surface area contributed by atoms with Gasteiger partial charge in [0.25, 0.3) is 0 Å². The van der Waals surface area contributed by atoms with Crippen LogP contribution in [0.1, 0.15) is 44.5 Å². The fourth-order valence-electron chi connectivity index (χ4n) is 5.75. The largest absolute Gasteiger partial charge is 0.497 e. The first-order valence-electron chi connectivity index (χ1n) is 15.0. The molecular formula is C31H38O17. The standard InChI is InChI=1S/C31H38O17/c1-14(32)41-13-22-25(43-15(2)33)26(44-16(3)34)27(45-17(4)35)31(46-22)48-30-23-20(10-11-40-30)24(29(38)42-12-21(23)36)47-28(37)18-6-8-19(39-5)9-7-18/h6-9,20,22-27,29-31,38H,10-13H2,1-5H3/t20-,22-,23-,24+,25-,26+,27-,29-,30-,31+/m1/s1. The molecule has 0 bridgehead atoms. The van der Waals surface area contributed by atoms with E-state index in [0.29, 0.717) is 5.75 Å². The van der Waals surface area contributed by atoms with E-state index in [1.807, 2.05) is 0 Å². The molecule has 4 rings (SSSR count). The summed E-state index contributed by atoms with van der Waals surface area (Å²) in [6.45, 7) is 3.20. The highest BCUT2D eigenvalue weighted by molar-refractivity contribution is 5.90. The number of hydrogen-bond donors (Lipinski definition) is 1. The second-order valence-electron chi connectivity index (χ2n) is 11.2. The molecule has 1 N–H and O–H groups in total. The van der Waals surface area contributed by atoms with E-state index in [1.165, 1.54) is 19.2 Å². The maximum Gasteiger partial charge on any atom is 0.338 e. The number of carbonyl (C=O) groups is 6. The highest BCUT2D eigenvalue weighted by Crippen LogP contribution is 2.39. The van der Waals surface area contributed by atoms with Crippen LogP contribution in [0.4, 0.5) is 0 Å². The number of Topliss-reactive ketones (excluding diaryl/α,β-unsaturated/α-hetero) is 1. The number of rotatable bonds is 10. The number of hydrogen-bond acceptors (Lipinski definition) is 17. The van der Waals surface area contributed by atoms with Crippen LogP contribution in [0, 0.1) is 11.8 Å². The number of methoxy groups -OCH3 is 1. The van der Waals surface area contributed by atoms with Gasteiger partial charge in [-0.3, -0.25) is 24.0 Å². The Morgan fingerprint density at radius 1 is 0.792 bits per heavy atom. The molecule has 0 radical (unpaired) electrons. The minimum Gasteiger partial charge on any atom is -0.497 e. The van der Waals surface area contributed by atoms with E-state index < -0.39 is 110 Å². The molecule has 1 aromatic rings. The van der Waals surface area contributed by atoms with Crippen molar-refractivity contribution in [2.45, 2.75) is 83.5 Å². The molecule has 48 heavy (non-hydrogen) atoms. The van der Waals surface area contributed by atoms with Crippen molar-refractivity contribution in [1.29, 1.82) is 0 Å². The van der Waals surface area contributed by atoms with E-state index in [4.69, 9.17) is 47.4 Å². The van der Waals surface area contributed by atoms with Crippen molar-refractivity contribution in [3.8, 4) is 5.75 Å². The summed E-state index contributed by atoms with van der Waals surface area (Å²) in [6, 6.07) is 6.03. The number of carbonyl (C=O) groups excluding carboxylic acids is 6. The number of esters is 5. The number of benzene rings is 1. The lowest BCUT2D eigenvalue weighted by Gasteiger charge is -2.46. The molecule has 1 aromatic carbocycles. The van der Waals surface area contributed by atoms with E-state index >= 15 is 0 Å². The Balaban J connectivity index is 1.65. The van der Waals surface area contributed by atoms with Crippen molar-refractivity contribution in [1.82, 2.24) is 0 Å². The van der Waals surface area contributed by atoms with E-state index in [2.05, 4.69) is 0 Å². The normalized spacial score (nSPS) is 31.7. The zero-order valence-electron chi connectivity index (χ0n) is 26.9.